The molecule has 0 amide bonds. The van der Waals surface area contributed by atoms with E-state index in [9.17, 15) is 0 Å². The van der Waals surface area contributed by atoms with Crippen molar-refractivity contribution in [3.63, 3.8) is 0 Å². The van der Waals surface area contributed by atoms with E-state index < -0.39 is 0 Å². The molecule has 3 aromatic rings. The summed E-state index contributed by atoms with van der Waals surface area (Å²) < 4.78 is 0. The minimum absolute atomic E-state index is 0.737. The van der Waals surface area contributed by atoms with Crippen molar-refractivity contribution < 1.29 is 0 Å². The Balaban J connectivity index is 2.26. The predicted octanol–water partition coefficient (Wildman–Crippen LogP) is 2.82. The molecule has 4 nitrogen and oxygen atoms in total. The predicted molar refractivity (Wildman–Crippen MR) is 73.2 cm³/mol. The van der Waals surface area contributed by atoms with Crippen LogP contribution in [0.3, 0.4) is 0 Å². The molecule has 0 aliphatic rings. The lowest BCUT2D eigenvalue weighted by Gasteiger charge is -2.03. The van der Waals surface area contributed by atoms with Gasteiger partial charge in [0.1, 0.15) is 5.82 Å². The summed E-state index contributed by atoms with van der Waals surface area (Å²) in [5.41, 5.74) is 11.6. The number of pyridine rings is 1. The van der Waals surface area contributed by atoms with Crippen molar-refractivity contribution in [3.8, 4) is 11.4 Å². The molecular weight excluding hydrogens is 224 g/mol. The van der Waals surface area contributed by atoms with Gasteiger partial charge in [0.15, 0.2) is 5.65 Å². The third-order valence-corrected chi connectivity index (χ3v) is 3.12. The van der Waals surface area contributed by atoms with Crippen molar-refractivity contribution in [1.82, 2.24) is 15.0 Å². The van der Waals surface area contributed by atoms with Gasteiger partial charge in [0, 0.05) is 17.4 Å². The topological polar surface area (TPSA) is 67.6 Å². The van der Waals surface area contributed by atoms with Crippen LogP contribution in [0.4, 0.5) is 5.69 Å². The maximum absolute atomic E-state index is 5.83. The Labute approximate surface area is 105 Å². The summed E-state index contributed by atoms with van der Waals surface area (Å²) in [5, 5.41) is 0. The fourth-order valence-corrected chi connectivity index (χ4v) is 2.06. The van der Waals surface area contributed by atoms with Gasteiger partial charge in [-0.2, -0.15) is 0 Å². The van der Waals surface area contributed by atoms with E-state index in [1.54, 1.807) is 6.20 Å². The lowest BCUT2D eigenvalue weighted by atomic mass is 10.1. The zero-order valence-corrected chi connectivity index (χ0v) is 10.4. The number of imidazole rings is 1. The number of hydrogen-bond acceptors (Lipinski definition) is 3. The molecular formula is C14H14N4. The lowest BCUT2D eigenvalue weighted by molar-refractivity contribution is 1.28. The molecule has 0 saturated carbocycles. The second kappa shape index (κ2) is 3.84. The number of aromatic nitrogens is 3. The van der Waals surface area contributed by atoms with Crippen LogP contribution in [0, 0.1) is 13.8 Å². The highest BCUT2D eigenvalue weighted by Crippen LogP contribution is 2.25. The van der Waals surface area contributed by atoms with Crippen LogP contribution >= 0.6 is 0 Å². The average molecular weight is 238 g/mol. The molecule has 0 radical (unpaired) electrons. The molecule has 3 rings (SSSR count). The first-order valence-corrected chi connectivity index (χ1v) is 5.83. The first kappa shape index (κ1) is 10.8. The molecule has 0 aliphatic heterocycles. The Morgan fingerprint density at radius 3 is 2.72 bits per heavy atom. The van der Waals surface area contributed by atoms with Crippen LogP contribution in [-0.4, -0.2) is 15.0 Å². The molecule has 90 valence electrons. The standard InChI is InChI=1S/C14H14N4/c1-8-3-4-10(15)7-11(8)13-17-12-9(2)5-6-16-14(12)18-13/h3-7H,15H2,1-2H3,(H,16,17,18). The SMILES string of the molecule is Cc1ccc(N)cc1-c1nc2nccc(C)c2[nH]1. The minimum Gasteiger partial charge on any atom is -0.399 e. The van der Waals surface area contributed by atoms with Gasteiger partial charge in [0.25, 0.3) is 0 Å². The first-order chi connectivity index (χ1) is 8.65. The Morgan fingerprint density at radius 1 is 1.11 bits per heavy atom. The summed E-state index contributed by atoms with van der Waals surface area (Å²) >= 11 is 0. The second-order valence-electron chi connectivity index (χ2n) is 4.49. The van der Waals surface area contributed by atoms with E-state index in [0.717, 1.165) is 39.4 Å². The maximum Gasteiger partial charge on any atom is 0.178 e. The van der Waals surface area contributed by atoms with Crippen molar-refractivity contribution in [2.45, 2.75) is 13.8 Å². The van der Waals surface area contributed by atoms with Gasteiger partial charge >= 0.3 is 0 Å². The Morgan fingerprint density at radius 2 is 1.94 bits per heavy atom. The number of nitrogen functional groups attached to an aromatic ring is 1. The van der Waals surface area contributed by atoms with Gasteiger partial charge in [-0.1, -0.05) is 6.07 Å². The highest BCUT2D eigenvalue weighted by Gasteiger charge is 2.10. The summed E-state index contributed by atoms with van der Waals surface area (Å²) in [4.78, 5) is 12.1. The van der Waals surface area contributed by atoms with Crippen molar-refractivity contribution in [2.24, 2.45) is 0 Å². The molecule has 0 spiro atoms. The van der Waals surface area contributed by atoms with E-state index in [1.807, 2.05) is 38.1 Å². The number of nitrogens with zero attached hydrogens (tertiary/aromatic N) is 2. The van der Waals surface area contributed by atoms with E-state index in [2.05, 4.69) is 15.0 Å². The van der Waals surface area contributed by atoms with Crippen LogP contribution in [0.2, 0.25) is 0 Å². The molecule has 1 aromatic carbocycles. The van der Waals surface area contributed by atoms with Gasteiger partial charge in [0.05, 0.1) is 5.52 Å². The van der Waals surface area contributed by atoms with Crippen LogP contribution < -0.4 is 5.73 Å². The third-order valence-electron chi connectivity index (χ3n) is 3.12. The summed E-state index contributed by atoms with van der Waals surface area (Å²) in [6.07, 6.45) is 1.77. The largest absolute Gasteiger partial charge is 0.399 e. The van der Waals surface area contributed by atoms with E-state index in [1.165, 1.54) is 0 Å². The van der Waals surface area contributed by atoms with Gasteiger partial charge in [-0.25, -0.2) is 9.97 Å². The summed E-state index contributed by atoms with van der Waals surface area (Å²) in [6.45, 7) is 4.08. The first-order valence-electron chi connectivity index (χ1n) is 5.83. The van der Waals surface area contributed by atoms with Crippen molar-refractivity contribution in [2.75, 3.05) is 5.73 Å². The summed E-state index contributed by atoms with van der Waals surface area (Å²) in [6, 6.07) is 7.79. The number of H-pyrrole nitrogens is 1. The molecule has 3 N–H and O–H groups in total. The van der Waals surface area contributed by atoms with E-state index in [4.69, 9.17) is 5.73 Å². The van der Waals surface area contributed by atoms with E-state index >= 15 is 0 Å². The number of fused-ring (bicyclic) bond motifs is 1. The van der Waals surface area contributed by atoms with Crippen molar-refractivity contribution in [3.05, 3.63) is 41.6 Å². The molecule has 2 aromatic heterocycles. The fourth-order valence-electron chi connectivity index (χ4n) is 2.06. The quantitative estimate of drug-likeness (QED) is 0.640. The molecule has 0 bridgehead atoms. The number of nitrogens with two attached hydrogens (primary N) is 1. The molecule has 0 saturated heterocycles. The number of benzene rings is 1. The smallest absolute Gasteiger partial charge is 0.178 e. The highest BCUT2D eigenvalue weighted by molar-refractivity contribution is 5.80. The lowest BCUT2D eigenvalue weighted by Crippen LogP contribution is -1.90. The van der Waals surface area contributed by atoms with Gasteiger partial charge in [-0.15, -0.1) is 0 Å². The van der Waals surface area contributed by atoms with Crippen LogP contribution in [0.25, 0.3) is 22.6 Å². The number of aromatic amines is 1. The Kier molecular flexibility index (Phi) is 2.30. The normalized spacial score (nSPS) is 11.0. The minimum atomic E-state index is 0.737. The zero-order chi connectivity index (χ0) is 12.7. The Hall–Kier alpha value is -2.36. The van der Waals surface area contributed by atoms with Gasteiger partial charge in [-0.05, 0) is 43.2 Å². The molecule has 18 heavy (non-hydrogen) atoms. The van der Waals surface area contributed by atoms with Gasteiger partial charge < -0.3 is 10.7 Å². The number of anilines is 1. The zero-order valence-electron chi connectivity index (χ0n) is 10.4. The van der Waals surface area contributed by atoms with Crippen LogP contribution in [0.5, 0.6) is 0 Å². The second-order valence-corrected chi connectivity index (χ2v) is 4.49. The summed E-state index contributed by atoms with van der Waals surface area (Å²) in [5.74, 6) is 0.816. The van der Waals surface area contributed by atoms with E-state index in [-0.39, 0.29) is 0 Å². The number of hydrogen-bond donors (Lipinski definition) is 2. The highest BCUT2D eigenvalue weighted by atomic mass is 15.0. The molecule has 0 atom stereocenters. The summed E-state index contributed by atoms with van der Waals surface area (Å²) in [7, 11) is 0. The molecule has 4 heteroatoms. The molecule has 0 aliphatic carbocycles. The molecule has 0 fully saturated rings. The van der Waals surface area contributed by atoms with E-state index in [0.29, 0.717) is 0 Å². The average Bonchev–Trinajstić information content (AvgIpc) is 2.77. The monoisotopic (exact) mass is 238 g/mol. The Bertz CT molecular complexity index is 728. The molecule has 2 heterocycles. The van der Waals surface area contributed by atoms with Crippen LogP contribution in [0.15, 0.2) is 30.5 Å². The number of nitrogens with one attached hydrogen (secondary N) is 1. The van der Waals surface area contributed by atoms with Crippen LogP contribution in [0.1, 0.15) is 11.1 Å². The maximum atomic E-state index is 5.83. The van der Waals surface area contributed by atoms with Crippen molar-refractivity contribution >= 4 is 16.9 Å². The third kappa shape index (κ3) is 1.62. The van der Waals surface area contributed by atoms with Gasteiger partial charge in [0.2, 0.25) is 0 Å². The fraction of sp³-hybridized carbons (Fsp3) is 0.143. The number of aryl methyl sites for hydroxylation is 2. The number of rotatable bonds is 1. The molecule has 0 unspecified atom stereocenters. The van der Waals surface area contributed by atoms with Gasteiger partial charge in [-0.3, -0.25) is 0 Å². The van der Waals surface area contributed by atoms with Crippen molar-refractivity contribution in [1.29, 1.82) is 0 Å². The van der Waals surface area contributed by atoms with Crippen LogP contribution in [-0.2, 0) is 0 Å².